The lowest BCUT2D eigenvalue weighted by Gasteiger charge is -2.07. The quantitative estimate of drug-likeness (QED) is 0.853. The lowest BCUT2D eigenvalue weighted by atomic mass is 10.0. The van der Waals surface area contributed by atoms with E-state index in [-0.39, 0.29) is 10.7 Å². The van der Waals surface area contributed by atoms with Crippen molar-refractivity contribution >= 4 is 17.6 Å². The van der Waals surface area contributed by atoms with Crippen LogP contribution in [0.5, 0.6) is 0 Å². The molecule has 0 saturated heterocycles. The Morgan fingerprint density at radius 2 is 1.84 bits per heavy atom. The van der Waals surface area contributed by atoms with Crippen molar-refractivity contribution in [1.82, 2.24) is 4.98 Å². The summed E-state index contributed by atoms with van der Waals surface area (Å²) in [5, 5.41) is 9.19. The Labute approximate surface area is 116 Å². The van der Waals surface area contributed by atoms with Crippen LogP contribution in [0.2, 0.25) is 5.15 Å². The van der Waals surface area contributed by atoms with E-state index in [1.54, 1.807) is 0 Å². The Bertz CT molecular complexity index is 606. The van der Waals surface area contributed by atoms with Crippen LogP contribution < -0.4 is 0 Å². The van der Waals surface area contributed by atoms with Gasteiger partial charge in [-0.3, -0.25) is 0 Å². The van der Waals surface area contributed by atoms with Crippen LogP contribution in [0.1, 0.15) is 35.7 Å². The number of nitrogens with zero attached hydrogens (tertiary/aromatic N) is 1. The third-order valence-electron chi connectivity index (χ3n) is 2.91. The van der Waals surface area contributed by atoms with E-state index in [1.165, 1.54) is 17.7 Å². The van der Waals surface area contributed by atoms with Crippen LogP contribution in [0.15, 0.2) is 36.4 Å². The number of aromatic carboxylic acids is 1. The van der Waals surface area contributed by atoms with Gasteiger partial charge in [-0.25, -0.2) is 9.78 Å². The van der Waals surface area contributed by atoms with E-state index in [4.69, 9.17) is 16.7 Å². The highest BCUT2D eigenvalue weighted by atomic mass is 35.5. The second kappa shape index (κ2) is 5.41. The van der Waals surface area contributed by atoms with Crippen LogP contribution in [0, 0.1) is 0 Å². The molecule has 1 N–H and O–H groups in total. The Morgan fingerprint density at radius 1 is 1.21 bits per heavy atom. The van der Waals surface area contributed by atoms with Gasteiger partial charge in [0.2, 0.25) is 0 Å². The van der Waals surface area contributed by atoms with Gasteiger partial charge in [-0.15, -0.1) is 0 Å². The molecule has 0 spiro atoms. The van der Waals surface area contributed by atoms with Crippen LogP contribution >= 0.6 is 11.6 Å². The first-order valence-electron chi connectivity index (χ1n) is 5.98. The second-order valence-electron chi connectivity index (χ2n) is 4.65. The standard InChI is InChI=1S/C15H14ClNO2/c1-9(2)10-3-5-11(6-4-10)13-7-12(15(18)19)8-14(16)17-13/h3-9H,1-2H3,(H,18,19). The molecule has 3 nitrogen and oxygen atoms in total. The molecule has 0 aliphatic heterocycles. The predicted molar refractivity (Wildman–Crippen MR) is 75.7 cm³/mol. The minimum atomic E-state index is -1.01. The number of hydrogen-bond donors (Lipinski definition) is 1. The van der Waals surface area contributed by atoms with E-state index in [9.17, 15) is 4.79 Å². The summed E-state index contributed by atoms with van der Waals surface area (Å²) in [5.74, 6) is -0.555. The summed E-state index contributed by atoms with van der Waals surface area (Å²) in [5.41, 5.74) is 2.79. The number of aromatic nitrogens is 1. The summed E-state index contributed by atoms with van der Waals surface area (Å²) < 4.78 is 0. The molecule has 0 saturated carbocycles. The van der Waals surface area contributed by atoms with Crippen LogP contribution in [-0.2, 0) is 0 Å². The minimum absolute atomic E-state index is 0.142. The highest BCUT2D eigenvalue weighted by Gasteiger charge is 2.09. The fourth-order valence-corrected chi connectivity index (χ4v) is 2.02. The first-order valence-corrected chi connectivity index (χ1v) is 6.36. The minimum Gasteiger partial charge on any atom is -0.478 e. The highest BCUT2D eigenvalue weighted by molar-refractivity contribution is 6.29. The van der Waals surface area contributed by atoms with Gasteiger partial charge in [0.15, 0.2) is 0 Å². The van der Waals surface area contributed by atoms with E-state index in [2.05, 4.69) is 18.8 Å². The van der Waals surface area contributed by atoms with E-state index < -0.39 is 5.97 Å². The summed E-state index contributed by atoms with van der Waals surface area (Å²) in [6, 6.07) is 10.8. The van der Waals surface area contributed by atoms with Gasteiger partial charge in [0.05, 0.1) is 11.3 Å². The molecule has 1 heterocycles. The van der Waals surface area contributed by atoms with Gasteiger partial charge >= 0.3 is 5.97 Å². The fraction of sp³-hybridized carbons (Fsp3) is 0.200. The third-order valence-corrected chi connectivity index (χ3v) is 3.11. The van der Waals surface area contributed by atoms with E-state index in [0.717, 1.165) is 5.56 Å². The molecular weight excluding hydrogens is 262 g/mol. The molecule has 0 atom stereocenters. The molecule has 4 heteroatoms. The molecule has 0 fully saturated rings. The number of carbonyl (C=O) groups is 1. The van der Waals surface area contributed by atoms with Gasteiger partial charge in [-0.2, -0.15) is 0 Å². The Morgan fingerprint density at radius 3 is 2.37 bits per heavy atom. The number of halogens is 1. The molecule has 1 aromatic heterocycles. The van der Waals surface area contributed by atoms with Crippen molar-refractivity contribution in [2.24, 2.45) is 0 Å². The van der Waals surface area contributed by atoms with Gasteiger partial charge in [0, 0.05) is 5.56 Å². The zero-order valence-electron chi connectivity index (χ0n) is 10.7. The number of hydrogen-bond acceptors (Lipinski definition) is 2. The topological polar surface area (TPSA) is 50.2 Å². The summed E-state index contributed by atoms with van der Waals surface area (Å²) >= 11 is 5.85. The zero-order chi connectivity index (χ0) is 14.0. The van der Waals surface area contributed by atoms with Crippen molar-refractivity contribution in [3.8, 4) is 11.3 Å². The van der Waals surface area contributed by atoms with Gasteiger partial charge in [0.1, 0.15) is 5.15 Å². The lowest BCUT2D eigenvalue weighted by Crippen LogP contribution is -1.98. The van der Waals surface area contributed by atoms with Crippen LogP contribution in [0.3, 0.4) is 0 Å². The first-order chi connectivity index (χ1) is 8.97. The van der Waals surface area contributed by atoms with Gasteiger partial charge in [0.25, 0.3) is 0 Å². The normalized spacial score (nSPS) is 10.7. The Kier molecular flexibility index (Phi) is 3.86. The van der Waals surface area contributed by atoms with Crippen molar-refractivity contribution < 1.29 is 9.90 Å². The average Bonchev–Trinajstić information content (AvgIpc) is 2.38. The summed E-state index contributed by atoms with van der Waals surface area (Å²) in [6.07, 6.45) is 0. The Balaban J connectivity index is 2.43. The van der Waals surface area contributed by atoms with Crippen molar-refractivity contribution in [1.29, 1.82) is 0 Å². The maximum Gasteiger partial charge on any atom is 0.335 e. The molecule has 0 aliphatic rings. The third kappa shape index (κ3) is 3.12. The molecule has 0 bridgehead atoms. The average molecular weight is 276 g/mol. The molecule has 0 unspecified atom stereocenters. The molecule has 0 radical (unpaired) electrons. The number of benzene rings is 1. The fourth-order valence-electron chi connectivity index (χ4n) is 1.81. The SMILES string of the molecule is CC(C)c1ccc(-c2cc(C(=O)O)cc(Cl)n2)cc1. The number of carboxylic acids is 1. The summed E-state index contributed by atoms with van der Waals surface area (Å²) in [6.45, 7) is 4.24. The zero-order valence-corrected chi connectivity index (χ0v) is 11.5. The maximum atomic E-state index is 11.0. The first kappa shape index (κ1) is 13.6. The van der Waals surface area contributed by atoms with Crippen molar-refractivity contribution in [3.63, 3.8) is 0 Å². The van der Waals surface area contributed by atoms with Crippen molar-refractivity contribution in [2.75, 3.05) is 0 Å². The second-order valence-corrected chi connectivity index (χ2v) is 5.03. The molecular formula is C15H14ClNO2. The summed E-state index contributed by atoms with van der Waals surface area (Å²) in [7, 11) is 0. The van der Waals surface area contributed by atoms with E-state index in [0.29, 0.717) is 11.6 Å². The Hall–Kier alpha value is -1.87. The van der Waals surface area contributed by atoms with Crippen molar-refractivity contribution in [3.05, 3.63) is 52.7 Å². The highest BCUT2D eigenvalue weighted by Crippen LogP contribution is 2.23. The van der Waals surface area contributed by atoms with E-state index >= 15 is 0 Å². The molecule has 2 rings (SSSR count). The van der Waals surface area contributed by atoms with Crippen molar-refractivity contribution in [2.45, 2.75) is 19.8 Å². The molecule has 0 amide bonds. The monoisotopic (exact) mass is 275 g/mol. The van der Waals surface area contributed by atoms with Crippen LogP contribution in [0.4, 0.5) is 0 Å². The molecule has 1 aromatic carbocycles. The number of carboxylic acid groups (broad SMARTS) is 1. The largest absolute Gasteiger partial charge is 0.478 e. The lowest BCUT2D eigenvalue weighted by molar-refractivity contribution is 0.0697. The van der Waals surface area contributed by atoms with Gasteiger partial charge in [-0.1, -0.05) is 49.7 Å². The maximum absolute atomic E-state index is 11.0. The molecule has 0 aliphatic carbocycles. The van der Waals surface area contributed by atoms with Gasteiger partial charge in [-0.05, 0) is 23.6 Å². The predicted octanol–water partition coefficient (Wildman–Crippen LogP) is 4.22. The van der Waals surface area contributed by atoms with E-state index in [1.807, 2.05) is 24.3 Å². The number of pyridine rings is 1. The summed E-state index contributed by atoms with van der Waals surface area (Å²) in [4.78, 5) is 15.2. The smallest absolute Gasteiger partial charge is 0.335 e. The molecule has 98 valence electrons. The van der Waals surface area contributed by atoms with Crippen LogP contribution in [-0.4, -0.2) is 16.1 Å². The molecule has 2 aromatic rings. The molecule has 19 heavy (non-hydrogen) atoms. The van der Waals surface area contributed by atoms with Crippen LogP contribution in [0.25, 0.3) is 11.3 Å². The number of rotatable bonds is 3. The van der Waals surface area contributed by atoms with Gasteiger partial charge < -0.3 is 5.11 Å².